The number of sulfone groups is 1. The molecule has 0 aromatic heterocycles. The minimum Gasteiger partial charge on any atom is -0.345 e. The third-order valence-electron chi connectivity index (χ3n) is 7.00. The first-order valence-electron chi connectivity index (χ1n) is 13.2. The van der Waals surface area contributed by atoms with Crippen molar-refractivity contribution in [2.45, 2.75) is 56.5 Å². The topological polar surface area (TPSA) is 86.8 Å². The monoisotopic (exact) mass is 537 g/mol. The van der Waals surface area contributed by atoms with Crippen LogP contribution in [0.5, 0.6) is 0 Å². The maximum atomic E-state index is 13.1. The van der Waals surface area contributed by atoms with Crippen molar-refractivity contribution < 1.29 is 18.0 Å². The Morgan fingerprint density at radius 3 is 2.34 bits per heavy atom. The van der Waals surface area contributed by atoms with Crippen LogP contribution in [0.15, 0.2) is 77.4 Å². The van der Waals surface area contributed by atoms with Gasteiger partial charge >= 0.3 is 0 Å². The number of benzene rings is 2. The molecule has 1 heterocycles. The fraction of sp³-hybridized carbons (Fsp3) is 0.433. The molecule has 1 saturated heterocycles. The highest BCUT2D eigenvalue weighted by atomic mass is 32.2. The second-order valence-corrected chi connectivity index (χ2v) is 11.7. The standard InChI is InChI=1S/C30H39N3O4S/c1-4-6-12-29(34)31-28(25-10-8-7-9-11-25)19-22-32-20-17-26(18-21-32)33(5-2)30(35)23-24-13-15-27(16-14-24)38(3,36)37/h4,7-16,26,28H,5,17-23H2,1-3H3,(H,31,34). The molecule has 1 atom stereocenters. The van der Waals surface area contributed by atoms with Gasteiger partial charge in [-0.1, -0.05) is 42.5 Å². The molecule has 2 aromatic carbocycles. The molecule has 3 rings (SSSR count). The quantitative estimate of drug-likeness (QED) is 0.347. The average molecular weight is 538 g/mol. The molecule has 2 amide bonds. The highest BCUT2D eigenvalue weighted by molar-refractivity contribution is 7.90. The third-order valence-corrected chi connectivity index (χ3v) is 8.13. The molecule has 1 N–H and O–H groups in total. The molecule has 7 nitrogen and oxygen atoms in total. The summed E-state index contributed by atoms with van der Waals surface area (Å²) < 4.78 is 23.4. The summed E-state index contributed by atoms with van der Waals surface area (Å²) in [5.74, 6) is -0.0854. The maximum Gasteiger partial charge on any atom is 0.252 e. The Kier molecular flexibility index (Phi) is 10.9. The number of likely N-dealkylation sites (tertiary alicyclic amines) is 1. The van der Waals surface area contributed by atoms with Crippen molar-refractivity contribution in [3.05, 3.63) is 83.6 Å². The number of likely N-dealkylation sites (N-methyl/N-ethyl adjacent to an activating group) is 1. The Morgan fingerprint density at radius 1 is 1.11 bits per heavy atom. The van der Waals surface area contributed by atoms with Crippen LogP contribution in [-0.4, -0.2) is 68.5 Å². The molecule has 0 radical (unpaired) electrons. The lowest BCUT2D eigenvalue weighted by molar-refractivity contribution is -0.133. The van der Waals surface area contributed by atoms with Crippen LogP contribution < -0.4 is 5.32 Å². The van der Waals surface area contributed by atoms with Crippen LogP contribution >= 0.6 is 0 Å². The van der Waals surface area contributed by atoms with Crippen molar-refractivity contribution in [1.29, 1.82) is 0 Å². The summed E-state index contributed by atoms with van der Waals surface area (Å²) in [5.41, 5.74) is 4.73. The SMILES string of the molecule is CC=C=CC(=O)NC(CCN1CCC(N(CC)C(=O)Cc2ccc(S(C)(=O)=O)cc2)CC1)c1ccccc1. The number of carbonyl (C=O) groups excluding carboxylic acids is 2. The van der Waals surface area contributed by atoms with Crippen molar-refractivity contribution in [3.8, 4) is 0 Å². The Labute approximate surface area is 227 Å². The van der Waals surface area contributed by atoms with Gasteiger partial charge in [-0.3, -0.25) is 9.59 Å². The summed E-state index contributed by atoms with van der Waals surface area (Å²) in [6, 6.07) is 16.7. The molecule has 1 aliphatic heterocycles. The van der Waals surface area contributed by atoms with Crippen molar-refractivity contribution in [2.24, 2.45) is 0 Å². The summed E-state index contributed by atoms with van der Waals surface area (Å²) in [6.45, 7) is 7.12. The van der Waals surface area contributed by atoms with Gasteiger partial charge in [0.15, 0.2) is 9.84 Å². The molecule has 0 spiro atoms. The fourth-order valence-corrected chi connectivity index (χ4v) is 5.55. The number of nitrogens with one attached hydrogen (secondary N) is 1. The second-order valence-electron chi connectivity index (χ2n) is 9.71. The number of hydrogen-bond donors (Lipinski definition) is 1. The highest BCUT2D eigenvalue weighted by Crippen LogP contribution is 2.22. The Balaban J connectivity index is 1.53. The summed E-state index contributed by atoms with van der Waals surface area (Å²) in [4.78, 5) is 30.0. The normalized spacial score (nSPS) is 15.2. The van der Waals surface area contributed by atoms with Gasteiger partial charge < -0.3 is 15.1 Å². The highest BCUT2D eigenvalue weighted by Gasteiger charge is 2.27. The number of amides is 2. The molecule has 0 saturated carbocycles. The van der Waals surface area contributed by atoms with Gasteiger partial charge in [0, 0.05) is 44.6 Å². The van der Waals surface area contributed by atoms with Gasteiger partial charge in [-0.05, 0) is 62.4 Å². The number of carbonyl (C=O) groups is 2. The molecule has 1 aliphatic rings. The molecule has 38 heavy (non-hydrogen) atoms. The summed E-state index contributed by atoms with van der Waals surface area (Å²) in [7, 11) is -3.25. The summed E-state index contributed by atoms with van der Waals surface area (Å²) >= 11 is 0. The van der Waals surface area contributed by atoms with E-state index in [4.69, 9.17) is 0 Å². The summed E-state index contributed by atoms with van der Waals surface area (Å²) in [5, 5.41) is 3.10. The van der Waals surface area contributed by atoms with Gasteiger partial charge in [0.05, 0.1) is 17.4 Å². The van der Waals surface area contributed by atoms with E-state index >= 15 is 0 Å². The van der Waals surface area contributed by atoms with Crippen LogP contribution in [0, 0.1) is 0 Å². The zero-order valence-corrected chi connectivity index (χ0v) is 23.4. The number of nitrogens with zero attached hydrogens (tertiary/aromatic N) is 2. The minimum absolute atomic E-state index is 0.0686. The minimum atomic E-state index is -3.25. The van der Waals surface area contributed by atoms with E-state index in [1.165, 1.54) is 12.3 Å². The first-order chi connectivity index (χ1) is 18.2. The molecule has 0 aliphatic carbocycles. The molecule has 0 bridgehead atoms. The van der Waals surface area contributed by atoms with Gasteiger partial charge in [-0.25, -0.2) is 8.42 Å². The van der Waals surface area contributed by atoms with E-state index in [9.17, 15) is 18.0 Å². The maximum absolute atomic E-state index is 13.1. The smallest absolute Gasteiger partial charge is 0.252 e. The molecule has 1 fully saturated rings. The van der Waals surface area contributed by atoms with Gasteiger partial charge in [-0.15, -0.1) is 5.73 Å². The predicted octanol–water partition coefficient (Wildman–Crippen LogP) is 3.92. The van der Waals surface area contributed by atoms with Crippen LogP contribution in [0.4, 0.5) is 0 Å². The van der Waals surface area contributed by atoms with Crippen LogP contribution in [0.3, 0.4) is 0 Å². The number of piperidine rings is 1. The van der Waals surface area contributed by atoms with Crippen LogP contribution in [0.1, 0.15) is 50.3 Å². The van der Waals surface area contributed by atoms with Gasteiger partial charge in [0.1, 0.15) is 0 Å². The van der Waals surface area contributed by atoms with Crippen molar-refractivity contribution in [1.82, 2.24) is 15.1 Å². The first kappa shape index (κ1) is 29.4. The largest absolute Gasteiger partial charge is 0.345 e. The van der Waals surface area contributed by atoms with E-state index in [-0.39, 0.29) is 35.2 Å². The van der Waals surface area contributed by atoms with Gasteiger partial charge in [-0.2, -0.15) is 0 Å². The molecular formula is C30H39N3O4S. The van der Waals surface area contributed by atoms with Gasteiger partial charge in [0.25, 0.3) is 5.91 Å². The van der Waals surface area contributed by atoms with Crippen molar-refractivity contribution >= 4 is 21.7 Å². The molecule has 1 unspecified atom stereocenters. The lowest BCUT2D eigenvalue weighted by Crippen LogP contribution is -2.48. The first-order valence-corrected chi connectivity index (χ1v) is 15.1. The van der Waals surface area contributed by atoms with Gasteiger partial charge in [0.2, 0.25) is 5.91 Å². The lowest BCUT2D eigenvalue weighted by atomic mass is 9.99. The van der Waals surface area contributed by atoms with E-state index in [0.29, 0.717) is 6.54 Å². The molecule has 8 heteroatoms. The Morgan fingerprint density at radius 2 is 1.76 bits per heavy atom. The van der Waals surface area contributed by atoms with Crippen LogP contribution in [0.25, 0.3) is 0 Å². The zero-order chi connectivity index (χ0) is 27.5. The van der Waals surface area contributed by atoms with E-state index < -0.39 is 9.84 Å². The van der Waals surface area contributed by atoms with Crippen molar-refractivity contribution in [2.75, 3.05) is 32.4 Å². The summed E-state index contributed by atoms with van der Waals surface area (Å²) in [6.07, 6.45) is 7.18. The van der Waals surface area contributed by atoms with Crippen LogP contribution in [0.2, 0.25) is 0 Å². The zero-order valence-electron chi connectivity index (χ0n) is 22.6. The molecule has 2 aromatic rings. The van der Waals surface area contributed by atoms with Crippen LogP contribution in [-0.2, 0) is 25.8 Å². The Bertz CT molecular complexity index is 1230. The molecular weight excluding hydrogens is 498 g/mol. The third kappa shape index (κ3) is 8.69. The molecule has 204 valence electrons. The van der Waals surface area contributed by atoms with E-state index in [0.717, 1.165) is 50.0 Å². The average Bonchev–Trinajstić information content (AvgIpc) is 2.91. The Hall–Kier alpha value is -3.19. The lowest BCUT2D eigenvalue weighted by Gasteiger charge is -2.38. The van der Waals surface area contributed by atoms with E-state index in [1.807, 2.05) is 49.1 Å². The number of hydrogen-bond acceptors (Lipinski definition) is 5. The van der Waals surface area contributed by atoms with E-state index in [1.54, 1.807) is 30.3 Å². The second kappa shape index (κ2) is 14.1. The predicted molar refractivity (Wildman–Crippen MR) is 150 cm³/mol. The number of rotatable bonds is 11. The fourth-order valence-electron chi connectivity index (χ4n) is 4.92. The van der Waals surface area contributed by atoms with Crippen molar-refractivity contribution in [3.63, 3.8) is 0 Å². The van der Waals surface area contributed by atoms with E-state index in [2.05, 4.69) is 15.9 Å².